The lowest BCUT2D eigenvalue weighted by atomic mass is 10.1. The van der Waals surface area contributed by atoms with Crippen LogP contribution in [0.15, 0.2) is 16.9 Å². The first-order valence-electron chi connectivity index (χ1n) is 7.07. The zero-order valence-corrected chi connectivity index (χ0v) is 11.6. The number of aromatic nitrogens is 2. The number of hydrogen-bond donors (Lipinski definition) is 2. The molecule has 2 aromatic rings. The molecule has 1 fully saturated rings. The van der Waals surface area contributed by atoms with E-state index in [1.165, 1.54) is 6.92 Å². The van der Waals surface area contributed by atoms with E-state index in [9.17, 15) is 18.8 Å². The molecule has 1 saturated heterocycles. The highest BCUT2D eigenvalue weighted by atomic mass is 19.1. The summed E-state index contributed by atoms with van der Waals surface area (Å²) < 4.78 is 22.7. The average Bonchev–Trinajstić information content (AvgIpc) is 2.42. The lowest BCUT2D eigenvalue weighted by Crippen LogP contribution is -2.45. The minimum Gasteiger partial charge on any atom is -0.398 e. The molecule has 1 aromatic carbocycles. The number of nitrogen functional groups attached to an aromatic ring is 1. The van der Waals surface area contributed by atoms with Gasteiger partial charge in [-0.25, -0.2) is 9.37 Å². The van der Waals surface area contributed by atoms with E-state index in [1.54, 1.807) is 0 Å². The maximum absolute atomic E-state index is 13.4. The molecule has 22 heavy (non-hydrogen) atoms. The predicted octanol–water partition coefficient (Wildman–Crippen LogP) is 0.404. The van der Waals surface area contributed by atoms with Crippen molar-refractivity contribution in [1.29, 1.82) is 0 Å². The van der Waals surface area contributed by atoms with Gasteiger partial charge in [-0.05, 0) is 19.4 Å². The van der Waals surface area contributed by atoms with E-state index in [0.717, 1.165) is 16.7 Å². The molecule has 0 radical (unpaired) electrons. The van der Waals surface area contributed by atoms with Crippen LogP contribution in [0.1, 0.15) is 26.1 Å². The number of nitrogens with one attached hydrogen (secondary N) is 1. The number of halogens is 1. The summed E-state index contributed by atoms with van der Waals surface area (Å²) in [6, 6.07) is 0.0365. The smallest absolute Gasteiger partial charge is 0.264 e. The van der Waals surface area contributed by atoms with Gasteiger partial charge in [0.2, 0.25) is 11.8 Å². The van der Waals surface area contributed by atoms with Crippen LogP contribution in [-0.2, 0) is 9.59 Å². The fourth-order valence-corrected chi connectivity index (χ4v) is 2.56. The minimum absolute atomic E-state index is 0.0529. The van der Waals surface area contributed by atoms with E-state index in [1.807, 2.05) is 0 Å². The van der Waals surface area contributed by atoms with Crippen LogP contribution in [0.4, 0.5) is 10.1 Å². The quantitative estimate of drug-likeness (QED) is 0.586. The summed E-state index contributed by atoms with van der Waals surface area (Å²) in [4.78, 5) is 40.2. The number of carbonyl (C=O) groups is 2. The van der Waals surface area contributed by atoms with Crippen molar-refractivity contribution in [3.63, 3.8) is 0 Å². The number of amides is 2. The van der Waals surface area contributed by atoms with Crippen molar-refractivity contribution in [2.75, 3.05) is 5.73 Å². The molecule has 3 rings (SSSR count). The Kier molecular flexibility index (Phi) is 2.88. The van der Waals surface area contributed by atoms with Crippen LogP contribution < -0.4 is 16.6 Å². The normalized spacial score (nSPS) is 22.5. The molecule has 0 saturated carbocycles. The molecule has 2 heterocycles. The average molecular weight is 305 g/mol. The molecule has 1 atom stereocenters. The summed E-state index contributed by atoms with van der Waals surface area (Å²) in [5.74, 6) is -1.98. The Morgan fingerprint density at radius 2 is 2.18 bits per heavy atom. The van der Waals surface area contributed by atoms with Crippen molar-refractivity contribution in [3.05, 3.63) is 34.1 Å². The third kappa shape index (κ3) is 2.12. The van der Waals surface area contributed by atoms with Crippen molar-refractivity contribution in [1.82, 2.24) is 14.9 Å². The van der Waals surface area contributed by atoms with Crippen molar-refractivity contribution in [3.8, 4) is 0 Å². The Morgan fingerprint density at radius 1 is 1.45 bits per heavy atom. The van der Waals surface area contributed by atoms with E-state index in [0.29, 0.717) is 0 Å². The molecule has 0 aliphatic carbocycles. The SMILES string of the molecule is [2H][C@@]1(n2c(C)nc3cc(F)cc(N)c3c2=O)CCC(=O)NC1=O. The first-order valence-corrected chi connectivity index (χ1v) is 6.57. The fraction of sp³-hybridized carbons (Fsp3) is 0.286. The van der Waals surface area contributed by atoms with Gasteiger partial charge < -0.3 is 5.73 Å². The van der Waals surface area contributed by atoms with Gasteiger partial charge in [0.25, 0.3) is 5.56 Å². The largest absolute Gasteiger partial charge is 0.398 e. The highest BCUT2D eigenvalue weighted by Gasteiger charge is 2.30. The number of carbonyl (C=O) groups excluding carboxylic acids is 2. The van der Waals surface area contributed by atoms with E-state index in [-0.39, 0.29) is 35.3 Å². The second-order valence-corrected chi connectivity index (χ2v) is 5.01. The molecule has 2 amide bonds. The van der Waals surface area contributed by atoms with Crippen LogP contribution in [0.3, 0.4) is 0 Å². The Morgan fingerprint density at radius 3 is 2.86 bits per heavy atom. The Hall–Kier alpha value is -2.77. The van der Waals surface area contributed by atoms with Gasteiger partial charge in [0.1, 0.15) is 17.7 Å². The monoisotopic (exact) mass is 305 g/mol. The molecule has 7 nitrogen and oxygen atoms in total. The number of anilines is 1. The Labute approximate surface area is 125 Å². The molecule has 1 aliphatic rings. The number of benzene rings is 1. The fourth-order valence-electron chi connectivity index (χ4n) is 2.56. The summed E-state index contributed by atoms with van der Waals surface area (Å²) >= 11 is 0. The van der Waals surface area contributed by atoms with Gasteiger partial charge in [0.15, 0.2) is 0 Å². The predicted molar refractivity (Wildman–Crippen MR) is 76.5 cm³/mol. The molecule has 1 aliphatic heterocycles. The summed E-state index contributed by atoms with van der Waals surface area (Å²) in [5.41, 5.74) is 4.91. The first kappa shape index (κ1) is 12.9. The van der Waals surface area contributed by atoms with Crippen LogP contribution in [0.25, 0.3) is 10.9 Å². The molecule has 8 heteroatoms. The second kappa shape index (κ2) is 4.90. The van der Waals surface area contributed by atoms with Gasteiger partial charge in [-0.3, -0.25) is 24.3 Å². The summed E-state index contributed by atoms with van der Waals surface area (Å²) in [6.07, 6.45) is -0.231. The van der Waals surface area contributed by atoms with Gasteiger partial charge >= 0.3 is 0 Å². The molecular weight excluding hydrogens is 291 g/mol. The van der Waals surface area contributed by atoms with Crippen LogP contribution in [0, 0.1) is 12.7 Å². The number of fused-ring (bicyclic) bond motifs is 1. The van der Waals surface area contributed by atoms with Crippen LogP contribution in [0.2, 0.25) is 0 Å². The van der Waals surface area contributed by atoms with Crippen LogP contribution in [-0.4, -0.2) is 21.4 Å². The molecule has 0 unspecified atom stereocenters. The summed E-state index contributed by atoms with van der Waals surface area (Å²) in [7, 11) is 0. The van der Waals surface area contributed by atoms with E-state index in [4.69, 9.17) is 7.10 Å². The third-order valence-corrected chi connectivity index (χ3v) is 3.51. The number of nitrogens with two attached hydrogens (primary N) is 1. The van der Waals surface area contributed by atoms with Gasteiger partial charge in [-0.15, -0.1) is 0 Å². The summed E-state index contributed by atoms with van der Waals surface area (Å²) in [6.45, 7) is 1.43. The number of nitrogens with zero attached hydrogens (tertiary/aromatic N) is 2. The van der Waals surface area contributed by atoms with E-state index in [2.05, 4.69) is 10.3 Å². The maximum atomic E-state index is 13.4. The number of imide groups is 1. The van der Waals surface area contributed by atoms with Crippen molar-refractivity contribution >= 4 is 28.4 Å². The molecule has 0 bridgehead atoms. The van der Waals surface area contributed by atoms with Gasteiger partial charge in [0, 0.05) is 18.2 Å². The highest BCUT2D eigenvalue weighted by Crippen LogP contribution is 2.22. The molecule has 114 valence electrons. The maximum Gasteiger partial charge on any atom is 0.264 e. The minimum atomic E-state index is -2.00. The molecule has 0 spiro atoms. The lowest BCUT2D eigenvalue weighted by molar-refractivity contribution is -0.135. The van der Waals surface area contributed by atoms with E-state index < -0.39 is 29.2 Å². The Balaban J connectivity index is 2.33. The highest BCUT2D eigenvalue weighted by molar-refractivity contribution is 5.99. The molecule has 3 N–H and O–H groups in total. The number of hydrogen-bond acceptors (Lipinski definition) is 5. The van der Waals surface area contributed by atoms with Crippen molar-refractivity contribution < 1.29 is 15.4 Å². The van der Waals surface area contributed by atoms with Crippen molar-refractivity contribution in [2.45, 2.75) is 25.8 Å². The van der Waals surface area contributed by atoms with Gasteiger partial charge in [-0.1, -0.05) is 0 Å². The second-order valence-electron chi connectivity index (χ2n) is 5.01. The number of aryl methyl sites for hydroxylation is 1. The summed E-state index contributed by atoms with van der Waals surface area (Å²) in [5, 5.41) is 1.99. The van der Waals surface area contributed by atoms with Crippen molar-refractivity contribution in [2.24, 2.45) is 0 Å². The van der Waals surface area contributed by atoms with Gasteiger partial charge in [0.05, 0.1) is 12.3 Å². The topological polar surface area (TPSA) is 107 Å². The lowest BCUT2D eigenvalue weighted by Gasteiger charge is -2.24. The molecule has 1 aromatic heterocycles. The van der Waals surface area contributed by atoms with Crippen LogP contribution in [0.5, 0.6) is 0 Å². The molecular formula is C14H13FN4O3. The Bertz CT molecular complexity index is 926. The first-order chi connectivity index (χ1) is 10.7. The number of piperidine rings is 1. The third-order valence-electron chi connectivity index (χ3n) is 3.51. The van der Waals surface area contributed by atoms with Crippen LogP contribution >= 0.6 is 0 Å². The zero-order chi connectivity index (χ0) is 16.9. The standard InChI is InChI=1S/C14H13FN4O3/c1-6-17-9-5-7(15)4-8(16)12(9)14(22)19(6)10-2-3-11(20)18-13(10)21/h4-5,10H,2-3,16H2,1H3,(H,18,20,21)/t10-/m1/s1/i10D. The van der Waals surface area contributed by atoms with Gasteiger partial charge in [-0.2, -0.15) is 0 Å². The van der Waals surface area contributed by atoms with E-state index >= 15 is 0 Å². The number of rotatable bonds is 1. The zero-order valence-electron chi connectivity index (χ0n) is 12.6.